The summed E-state index contributed by atoms with van der Waals surface area (Å²) in [4.78, 5) is 12.6. The third-order valence-electron chi connectivity index (χ3n) is 4.66. The van der Waals surface area contributed by atoms with Gasteiger partial charge in [0.1, 0.15) is 12.4 Å². The van der Waals surface area contributed by atoms with Crippen LogP contribution >= 0.6 is 12.2 Å². The van der Waals surface area contributed by atoms with Crippen LogP contribution in [0.4, 0.5) is 0 Å². The van der Waals surface area contributed by atoms with E-state index in [-0.39, 0.29) is 12.6 Å². The van der Waals surface area contributed by atoms with Gasteiger partial charge in [0.2, 0.25) is 4.77 Å². The first-order valence-corrected chi connectivity index (χ1v) is 9.72. The molecule has 2 heterocycles. The van der Waals surface area contributed by atoms with Gasteiger partial charge in [0, 0.05) is 23.1 Å². The van der Waals surface area contributed by atoms with Crippen molar-refractivity contribution in [2.24, 2.45) is 0 Å². The number of unbranched alkanes of at least 4 members (excludes halogenated alkanes) is 1. The molecule has 0 fully saturated rings. The normalized spacial score (nSPS) is 11.1. The van der Waals surface area contributed by atoms with Crippen molar-refractivity contribution < 1.29 is 14.3 Å². The molecule has 150 valence electrons. The topological polar surface area (TPSA) is 100 Å². The molecule has 0 bridgehead atoms. The number of nitrogen functional groups attached to an aromatic ring is 1. The Kier molecular flexibility index (Phi) is 6.03. The van der Waals surface area contributed by atoms with Crippen molar-refractivity contribution in [3.05, 3.63) is 40.1 Å². The van der Waals surface area contributed by atoms with Crippen LogP contribution in [0.2, 0.25) is 0 Å². The average Bonchev–Trinajstić information content (AvgIpc) is 3.14. The van der Waals surface area contributed by atoms with Crippen molar-refractivity contribution in [1.29, 1.82) is 0 Å². The zero-order valence-electron chi connectivity index (χ0n) is 16.3. The molecular formula is C19H25N5O3S. The summed E-state index contributed by atoms with van der Waals surface area (Å²) in [6, 6.07) is 5.70. The van der Waals surface area contributed by atoms with Gasteiger partial charge in [-0.15, -0.1) is 0 Å². The number of ether oxygens (including phenoxy) is 2. The fourth-order valence-electron chi connectivity index (χ4n) is 3.20. The van der Waals surface area contributed by atoms with Gasteiger partial charge in [-0.25, -0.2) is 9.47 Å². The van der Waals surface area contributed by atoms with Crippen LogP contribution in [0.1, 0.15) is 48.6 Å². The minimum absolute atomic E-state index is 0.152. The van der Waals surface area contributed by atoms with Crippen LogP contribution in [0.25, 0.3) is 10.9 Å². The third-order valence-corrected chi connectivity index (χ3v) is 4.94. The van der Waals surface area contributed by atoms with E-state index in [9.17, 15) is 4.79 Å². The predicted octanol–water partition coefficient (Wildman–Crippen LogP) is 3.47. The van der Waals surface area contributed by atoms with Crippen molar-refractivity contribution in [3.63, 3.8) is 0 Å². The maximum absolute atomic E-state index is 12.6. The SMILES string of the molecule is CCCCn1c(C)c(C(=O)OCC)c2cc(OCc3n[nH]c(=S)n3N)ccc21. The number of esters is 1. The number of aromatic amines is 1. The highest BCUT2D eigenvalue weighted by Gasteiger charge is 2.21. The first-order chi connectivity index (χ1) is 13.5. The number of aromatic nitrogens is 4. The second kappa shape index (κ2) is 8.47. The standard InChI is InChI=1S/C19H25N5O3S/c1-4-6-9-23-12(3)17(18(25)26-5-2)14-10-13(7-8-15(14)23)27-11-16-21-22-19(28)24(16)20/h7-8,10H,4-6,9,11,20H2,1-3H3,(H,22,28). The molecule has 3 N–H and O–H groups in total. The maximum Gasteiger partial charge on any atom is 0.340 e. The molecule has 3 aromatic rings. The number of fused-ring (bicyclic) bond motifs is 1. The fourth-order valence-corrected chi connectivity index (χ4v) is 3.35. The second-order valence-electron chi connectivity index (χ2n) is 6.47. The lowest BCUT2D eigenvalue weighted by molar-refractivity contribution is 0.0527. The molecule has 0 saturated heterocycles. The summed E-state index contributed by atoms with van der Waals surface area (Å²) in [7, 11) is 0. The lowest BCUT2D eigenvalue weighted by Gasteiger charge is -2.08. The summed E-state index contributed by atoms with van der Waals surface area (Å²) >= 11 is 5.00. The molecule has 28 heavy (non-hydrogen) atoms. The summed E-state index contributed by atoms with van der Waals surface area (Å²) in [5, 5.41) is 7.47. The third kappa shape index (κ3) is 3.75. The Morgan fingerprint density at radius 3 is 2.79 bits per heavy atom. The van der Waals surface area contributed by atoms with E-state index in [0.717, 1.165) is 36.0 Å². The summed E-state index contributed by atoms with van der Waals surface area (Å²) in [6.07, 6.45) is 2.10. The number of nitrogens with zero attached hydrogens (tertiary/aromatic N) is 3. The van der Waals surface area contributed by atoms with Crippen molar-refractivity contribution in [2.75, 3.05) is 12.4 Å². The van der Waals surface area contributed by atoms with Crippen molar-refractivity contribution in [1.82, 2.24) is 19.4 Å². The molecule has 1 aromatic carbocycles. The first kappa shape index (κ1) is 19.9. The number of nitrogens with one attached hydrogen (secondary N) is 1. The number of benzene rings is 1. The van der Waals surface area contributed by atoms with Crippen molar-refractivity contribution >= 4 is 29.1 Å². The van der Waals surface area contributed by atoms with Gasteiger partial charge in [-0.1, -0.05) is 13.3 Å². The van der Waals surface area contributed by atoms with Gasteiger partial charge in [-0.2, -0.15) is 5.10 Å². The van der Waals surface area contributed by atoms with Gasteiger partial charge in [-0.05, 0) is 50.7 Å². The zero-order valence-corrected chi connectivity index (χ0v) is 17.1. The monoisotopic (exact) mass is 403 g/mol. The Morgan fingerprint density at radius 1 is 1.36 bits per heavy atom. The first-order valence-electron chi connectivity index (χ1n) is 9.32. The van der Waals surface area contributed by atoms with Gasteiger partial charge in [0.25, 0.3) is 0 Å². The van der Waals surface area contributed by atoms with Gasteiger partial charge in [0.15, 0.2) is 5.82 Å². The van der Waals surface area contributed by atoms with E-state index in [1.54, 1.807) is 6.92 Å². The minimum atomic E-state index is -0.319. The van der Waals surface area contributed by atoms with Crippen LogP contribution in [0.15, 0.2) is 18.2 Å². The highest BCUT2D eigenvalue weighted by Crippen LogP contribution is 2.30. The van der Waals surface area contributed by atoms with Crippen LogP contribution in [-0.2, 0) is 17.9 Å². The van der Waals surface area contributed by atoms with Gasteiger partial charge < -0.3 is 19.9 Å². The van der Waals surface area contributed by atoms with E-state index in [1.165, 1.54) is 4.68 Å². The molecule has 0 saturated carbocycles. The van der Waals surface area contributed by atoms with Crippen LogP contribution in [-0.4, -0.2) is 32.0 Å². The van der Waals surface area contributed by atoms with Crippen molar-refractivity contribution in [3.8, 4) is 5.75 Å². The molecule has 0 radical (unpaired) electrons. The number of carbonyl (C=O) groups excluding carboxylic acids is 1. The molecular weight excluding hydrogens is 378 g/mol. The highest BCUT2D eigenvalue weighted by molar-refractivity contribution is 7.71. The number of carbonyl (C=O) groups is 1. The largest absolute Gasteiger partial charge is 0.486 e. The molecule has 0 aliphatic rings. The number of rotatable bonds is 8. The Hall–Kier alpha value is -2.81. The van der Waals surface area contributed by atoms with Gasteiger partial charge in [0.05, 0.1) is 12.2 Å². The van der Waals surface area contributed by atoms with Crippen LogP contribution in [0, 0.1) is 11.7 Å². The lowest BCUT2D eigenvalue weighted by Crippen LogP contribution is -2.14. The Morgan fingerprint density at radius 2 is 2.14 bits per heavy atom. The predicted molar refractivity (Wildman–Crippen MR) is 109 cm³/mol. The lowest BCUT2D eigenvalue weighted by atomic mass is 10.1. The Labute approximate surface area is 168 Å². The molecule has 0 spiro atoms. The average molecular weight is 404 g/mol. The zero-order chi connectivity index (χ0) is 20.3. The molecule has 2 aromatic heterocycles. The van der Waals surface area contributed by atoms with Crippen LogP contribution in [0.5, 0.6) is 5.75 Å². The molecule has 8 nitrogen and oxygen atoms in total. The van der Waals surface area contributed by atoms with E-state index in [2.05, 4.69) is 21.7 Å². The van der Waals surface area contributed by atoms with E-state index in [1.807, 2.05) is 25.1 Å². The number of hydrogen-bond donors (Lipinski definition) is 2. The Balaban J connectivity index is 1.98. The summed E-state index contributed by atoms with van der Waals surface area (Å²) < 4.78 is 14.9. The molecule has 0 amide bonds. The molecule has 0 aliphatic heterocycles. The van der Waals surface area contributed by atoms with E-state index in [0.29, 0.717) is 28.5 Å². The molecule has 0 atom stereocenters. The van der Waals surface area contributed by atoms with E-state index in [4.69, 9.17) is 27.5 Å². The minimum Gasteiger partial charge on any atom is -0.486 e. The van der Waals surface area contributed by atoms with Gasteiger partial charge >= 0.3 is 5.97 Å². The second-order valence-corrected chi connectivity index (χ2v) is 6.86. The maximum atomic E-state index is 12.6. The molecule has 3 rings (SSSR count). The van der Waals surface area contributed by atoms with Crippen LogP contribution in [0.3, 0.4) is 0 Å². The number of nitrogens with two attached hydrogens (primary N) is 1. The number of H-pyrrole nitrogens is 1. The molecule has 0 unspecified atom stereocenters. The van der Waals surface area contributed by atoms with Crippen molar-refractivity contribution in [2.45, 2.75) is 46.8 Å². The van der Waals surface area contributed by atoms with E-state index < -0.39 is 0 Å². The fraction of sp³-hybridized carbons (Fsp3) is 0.421. The smallest absolute Gasteiger partial charge is 0.340 e. The number of hydrogen-bond acceptors (Lipinski definition) is 6. The quantitative estimate of drug-likeness (QED) is 0.339. The Bertz CT molecular complexity index is 1050. The summed E-state index contributed by atoms with van der Waals surface area (Å²) in [5.41, 5.74) is 2.48. The molecule has 0 aliphatic carbocycles. The van der Waals surface area contributed by atoms with E-state index >= 15 is 0 Å². The van der Waals surface area contributed by atoms with Crippen LogP contribution < -0.4 is 10.6 Å². The van der Waals surface area contributed by atoms with Gasteiger partial charge in [-0.3, -0.25) is 5.10 Å². The summed E-state index contributed by atoms with van der Waals surface area (Å²) in [6.45, 7) is 7.23. The highest BCUT2D eigenvalue weighted by atomic mass is 32.1. The number of aryl methyl sites for hydroxylation is 1. The molecule has 9 heteroatoms. The summed E-state index contributed by atoms with van der Waals surface area (Å²) in [5.74, 6) is 6.57.